The number of aromatic nitrogens is 2. The molecule has 1 aromatic rings. The molecule has 2 atom stereocenters. The lowest BCUT2D eigenvalue weighted by atomic mass is 9.92. The third-order valence-corrected chi connectivity index (χ3v) is 3.30. The van der Waals surface area contributed by atoms with Crippen molar-refractivity contribution in [3.8, 4) is 0 Å². The standard InChI is InChI=1S/C11H20N4/c1-8-9(7-15(3)13-8)11-10(12)5-4-6-14(11)2/h7,10-11H,4-6,12H2,1-3H3. The van der Waals surface area contributed by atoms with Crippen LogP contribution in [0.2, 0.25) is 0 Å². The summed E-state index contributed by atoms with van der Waals surface area (Å²) in [6.07, 6.45) is 4.42. The minimum atomic E-state index is 0.242. The second kappa shape index (κ2) is 3.94. The summed E-state index contributed by atoms with van der Waals surface area (Å²) >= 11 is 0. The molecule has 0 bridgehead atoms. The Morgan fingerprint density at radius 2 is 2.20 bits per heavy atom. The van der Waals surface area contributed by atoms with Crippen molar-refractivity contribution >= 4 is 0 Å². The summed E-state index contributed by atoms with van der Waals surface area (Å²) in [5.74, 6) is 0. The Bertz CT molecular complexity index is 334. The number of aryl methyl sites for hydroxylation is 2. The lowest BCUT2D eigenvalue weighted by Gasteiger charge is -2.37. The SMILES string of the molecule is Cc1nn(C)cc1C1C(N)CCCN1C. The fourth-order valence-corrected chi connectivity index (χ4v) is 2.58. The molecule has 2 N–H and O–H groups in total. The van der Waals surface area contributed by atoms with E-state index < -0.39 is 0 Å². The Balaban J connectivity index is 2.31. The molecule has 1 aliphatic heterocycles. The van der Waals surface area contributed by atoms with Crippen molar-refractivity contribution in [1.82, 2.24) is 14.7 Å². The van der Waals surface area contributed by atoms with E-state index in [4.69, 9.17) is 5.73 Å². The van der Waals surface area contributed by atoms with E-state index in [1.807, 2.05) is 11.7 Å². The van der Waals surface area contributed by atoms with Crippen LogP contribution in [0, 0.1) is 6.92 Å². The van der Waals surface area contributed by atoms with E-state index in [9.17, 15) is 0 Å². The van der Waals surface area contributed by atoms with Gasteiger partial charge in [-0.25, -0.2) is 0 Å². The molecule has 1 aromatic heterocycles. The highest BCUT2D eigenvalue weighted by atomic mass is 15.3. The maximum Gasteiger partial charge on any atom is 0.0642 e. The molecule has 0 saturated carbocycles. The molecular formula is C11H20N4. The predicted molar refractivity (Wildman–Crippen MR) is 60.5 cm³/mol. The highest BCUT2D eigenvalue weighted by molar-refractivity contribution is 5.22. The first kappa shape index (κ1) is 10.6. The molecule has 0 spiro atoms. The first-order chi connectivity index (χ1) is 7.09. The lowest BCUT2D eigenvalue weighted by molar-refractivity contribution is 0.162. The minimum Gasteiger partial charge on any atom is -0.326 e. The number of nitrogens with two attached hydrogens (primary N) is 1. The lowest BCUT2D eigenvalue weighted by Crippen LogP contribution is -2.44. The molecule has 1 saturated heterocycles. The maximum atomic E-state index is 6.20. The monoisotopic (exact) mass is 208 g/mol. The van der Waals surface area contributed by atoms with E-state index >= 15 is 0 Å². The third-order valence-electron chi connectivity index (χ3n) is 3.30. The first-order valence-corrected chi connectivity index (χ1v) is 5.55. The Morgan fingerprint density at radius 3 is 2.73 bits per heavy atom. The predicted octanol–water partition coefficient (Wildman–Crippen LogP) is 0.823. The number of likely N-dealkylation sites (N-methyl/N-ethyl adjacent to an activating group) is 1. The van der Waals surface area contributed by atoms with Crippen LogP contribution in [-0.4, -0.2) is 34.3 Å². The number of hydrogen-bond acceptors (Lipinski definition) is 3. The summed E-state index contributed by atoms with van der Waals surface area (Å²) < 4.78 is 1.87. The van der Waals surface area contributed by atoms with Crippen molar-refractivity contribution in [2.75, 3.05) is 13.6 Å². The minimum absolute atomic E-state index is 0.242. The molecule has 2 heterocycles. The van der Waals surface area contributed by atoms with Gasteiger partial charge in [-0.05, 0) is 33.4 Å². The van der Waals surface area contributed by atoms with Gasteiger partial charge in [-0.2, -0.15) is 5.10 Å². The van der Waals surface area contributed by atoms with Crippen LogP contribution in [0.4, 0.5) is 0 Å². The summed E-state index contributed by atoms with van der Waals surface area (Å²) in [5, 5.41) is 4.39. The van der Waals surface area contributed by atoms with E-state index in [-0.39, 0.29) is 6.04 Å². The van der Waals surface area contributed by atoms with E-state index in [1.54, 1.807) is 0 Å². The van der Waals surface area contributed by atoms with Crippen LogP contribution in [0.5, 0.6) is 0 Å². The van der Waals surface area contributed by atoms with Gasteiger partial charge in [-0.1, -0.05) is 0 Å². The summed E-state index contributed by atoms with van der Waals surface area (Å²) in [4.78, 5) is 2.35. The van der Waals surface area contributed by atoms with E-state index in [2.05, 4.69) is 30.2 Å². The summed E-state index contributed by atoms with van der Waals surface area (Å²) in [7, 11) is 4.11. The van der Waals surface area contributed by atoms with E-state index in [1.165, 1.54) is 12.0 Å². The Kier molecular flexibility index (Phi) is 2.80. The highest BCUT2D eigenvalue weighted by Gasteiger charge is 2.29. The number of rotatable bonds is 1. The van der Waals surface area contributed by atoms with Gasteiger partial charge in [0.2, 0.25) is 0 Å². The molecule has 2 rings (SSSR count). The van der Waals surface area contributed by atoms with Crippen molar-refractivity contribution in [3.05, 3.63) is 17.5 Å². The molecule has 0 aliphatic carbocycles. The van der Waals surface area contributed by atoms with Gasteiger partial charge in [0.05, 0.1) is 11.7 Å². The normalized spacial score (nSPS) is 28.3. The molecule has 4 nitrogen and oxygen atoms in total. The molecule has 1 aliphatic rings. The smallest absolute Gasteiger partial charge is 0.0642 e. The molecule has 1 fully saturated rings. The van der Waals surface area contributed by atoms with Crippen LogP contribution in [0.25, 0.3) is 0 Å². The highest BCUT2D eigenvalue weighted by Crippen LogP contribution is 2.30. The maximum absolute atomic E-state index is 6.20. The van der Waals surface area contributed by atoms with Gasteiger partial charge in [0.25, 0.3) is 0 Å². The zero-order valence-corrected chi connectivity index (χ0v) is 9.77. The second-order valence-corrected chi connectivity index (χ2v) is 4.58. The van der Waals surface area contributed by atoms with Gasteiger partial charge in [-0.15, -0.1) is 0 Å². The number of hydrogen-bond donors (Lipinski definition) is 1. The van der Waals surface area contributed by atoms with Crippen LogP contribution >= 0.6 is 0 Å². The van der Waals surface area contributed by atoms with E-state index in [0.29, 0.717) is 6.04 Å². The Labute approximate surface area is 91.1 Å². The molecule has 0 amide bonds. The first-order valence-electron chi connectivity index (χ1n) is 5.55. The largest absolute Gasteiger partial charge is 0.326 e. The average molecular weight is 208 g/mol. The van der Waals surface area contributed by atoms with Gasteiger partial charge >= 0.3 is 0 Å². The number of piperidine rings is 1. The molecule has 0 radical (unpaired) electrons. The molecular weight excluding hydrogens is 188 g/mol. The van der Waals surface area contributed by atoms with Gasteiger partial charge < -0.3 is 5.73 Å². The van der Waals surface area contributed by atoms with Crippen LogP contribution in [0.3, 0.4) is 0 Å². The second-order valence-electron chi connectivity index (χ2n) is 4.58. The van der Waals surface area contributed by atoms with Crippen molar-refractivity contribution in [1.29, 1.82) is 0 Å². The molecule has 15 heavy (non-hydrogen) atoms. The Hall–Kier alpha value is -0.870. The molecule has 2 unspecified atom stereocenters. The topological polar surface area (TPSA) is 47.1 Å². The van der Waals surface area contributed by atoms with E-state index in [0.717, 1.165) is 18.7 Å². The summed E-state index contributed by atoms with van der Waals surface area (Å²) in [6.45, 7) is 3.19. The van der Waals surface area contributed by atoms with Gasteiger partial charge in [0, 0.05) is 24.8 Å². The van der Waals surface area contributed by atoms with Gasteiger partial charge in [-0.3, -0.25) is 9.58 Å². The van der Waals surface area contributed by atoms with Crippen LogP contribution in [-0.2, 0) is 7.05 Å². The number of likely N-dealkylation sites (tertiary alicyclic amines) is 1. The van der Waals surface area contributed by atoms with Gasteiger partial charge in [0.1, 0.15) is 0 Å². The van der Waals surface area contributed by atoms with Crippen molar-refractivity contribution < 1.29 is 0 Å². The number of nitrogens with zero attached hydrogens (tertiary/aromatic N) is 3. The molecule has 0 aromatic carbocycles. The summed E-state index contributed by atoms with van der Waals surface area (Å²) in [6, 6.07) is 0.582. The fourth-order valence-electron chi connectivity index (χ4n) is 2.58. The zero-order chi connectivity index (χ0) is 11.0. The summed E-state index contributed by atoms with van der Waals surface area (Å²) in [5.41, 5.74) is 8.59. The van der Waals surface area contributed by atoms with Crippen LogP contribution in [0.1, 0.15) is 30.1 Å². The van der Waals surface area contributed by atoms with Crippen LogP contribution < -0.4 is 5.73 Å². The van der Waals surface area contributed by atoms with Crippen LogP contribution in [0.15, 0.2) is 6.20 Å². The van der Waals surface area contributed by atoms with Crippen molar-refractivity contribution in [2.24, 2.45) is 12.8 Å². The van der Waals surface area contributed by atoms with Crippen molar-refractivity contribution in [2.45, 2.75) is 31.8 Å². The molecule has 4 heteroatoms. The van der Waals surface area contributed by atoms with Crippen molar-refractivity contribution in [3.63, 3.8) is 0 Å². The average Bonchev–Trinajstić information content (AvgIpc) is 2.45. The zero-order valence-electron chi connectivity index (χ0n) is 9.77. The Morgan fingerprint density at radius 1 is 1.47 bits per heavy atom. The fraction of sp³-hybridized carbons (Fsp3) is 0.727. The third kappa shape index (κ3) is 1.92. The quantitative estimate of drug-likeness (QED) is 0.743. The molecule has 84 valence electrons. The van der Waals surface area contributed by atoms with Gasteiger partial charge in [0.15, 0.2) is 0 Å².